The molecular weight excluding hydrogens is 248 g/mol. The van der Waals surface area contributed by atoms with Gasteiger partial charge in [0.2, 0.25) is 0 Å². The summed E-state index contributed by atoms with van der Waals surface area (Å²) in [6.07, 6.45) is 1.34. The number of carbonyl (C=O) groups is 2. The van der Waals surface area contributed by atoms with Gasteiger partial charge in [-0.3, -0.25) is 9.59 Å². The zero-order chi connectivity index (χ0) is 14.6. The minimum atomic E-state index is -0.660. The highest BCUT2D eigenvalue weighted by atomic mass is 16.6. The van der Waals surface area contributed by atoms with Crippen LogP contribution in [0.15, 0.2) is 0 Å². The van der Waals surface area contributed by atoms with E-state index < -0.39 is 5.60 Å². The maximum Gasteiger partial charge on any atom is 0.308 e. The lowest BCUT2D eigenvalue weighted by Crippen LogP contribution is -2.42. The molecule has 0 spiro atoms. The molecule has 5 heteroatoms. The number of hydrogen-bond acceptors (Lipinski definition) is 5. The van der Waals surface area contributed by atoms with Crippen molar-refractivity contribution in [1.82, 2.24) is 0 Å². The number of ether oxygens (including phenoxy) is 3. The molecule has 0 aromatic heterocycles. The molecule has 1 heterocycles. The predicted octanol–water partition coefficient (Wildman–Crippen LogP) is 2.07. The molecule has 1 aliphatic heterocycles. The Morgan fingerprint density at radius 1 is 1.32 bits per heavy atom. The summed E-state index contributed by atoms with van der Waals surface area (Å²) in [5.74, 6) is -0.688. The van der Waals surface area contributed by atoms with E-state index >= 15 is 0 Å². The first-order chi connectivity index (χ1) is 8.72. The van der Waals surface area contributed by atoms with Gasteiger partial charge in [0.15, 0.2) is 0 Å². The maximum atomic E-state index is 11.7. The van der Waals surface area contributed by atoms with Gasteiger partial charge in [-0.05, 0) is 26.7 Å². The third-order valence-electron chi connectivity index (χ3n) is 3.19. The Labute approximate surface area is 114 Å². The van der Waals surface area contributed by atoms with Crippen LogP contribution in [-0.2, 0) is 23.8 Å². The quantitative estimate of drug-likeness (QED) is 0.717. The Morgan fingerprint density at radius 3 is 2.47 bits per heavy atom. The Bertz CT molecular complexity index is 335. The molecule has 2 atom stereocenters. The molecule has 0 aliphatic carbocycles. The molecule has 19 heavy (non-hydrogen) atoms. The third kappa shape index (κ3) is 4.82. The smallest absolute Gasteiger partial charge is 0.308 e. The fourth-order valence-corrected chi connectivity index (χ4v) is 1.99. The van der Waals surface area contributed by atoms with Crippen LogP contribution in [0.2, 0.25) is 0 Å². The predicted molar refractivity (Wildman–Crippen MR) is 69.5 cm³/mol. The number of hydrogen-bond donors (Lipinski definition) is 0. The van der Waals surface area contributed by atoms with Crippen LogP contribution in [0.4, 0.5) is 0 Å². The molecule has 0 saturated carbocycles. The molecule has 1 fully saturated rings. The van der Waals surface area contributed by atoms with E-state index in [1.807, 2.05) is 13.8 Å². The fourth-order valence-electron chi connectivity index (χ4n) is 1.99. The molecule has 0 aromatic carbocycles. The molecule has 2 unspecified atom stereocenters. The molecule has 0 amide bonds. The van der Waals surface area contributed by atoms with Crippen molar-refractivity contribution in [2.75, 3.05) is 6.61 Å². The minimum absolute atomic E-state index is 0.106. The SMILES string of the molecule is CC(=O)OCC1CCC(C(C)(C)OC(=O)C(C)C)O1. The summed E-state index contributed by atoms with van der Waals surface area (Å²) in [7, 11) is 0. The van der Waals surface area contributed by atoms with E-state index in [1.165, 1.54) is 6.92 Å². The van der Waals surface area contributed by atoms with Crippen LogP contribution in [0.5, 0.6) is 0 Å². The summed E-state index contributed by atoms with van der Waals surface area (Å²) in [5.41, 5.74) is -0.660. The normalized spacial score (nSPS) is 23.5. The van der Waals surface area contributed by atoms with Crippen molar-refractivity contribution in [3.05, 3.63) is 0 Å². The van der Waals surface area contributed by atoms with E-state index in [9.17, 15) is 9.59 Å². The van der Waals surface area contributed by atoms with Gasteiger partial charge < -0.3 is 14.2 Å². The molecule has 110 valence electrons. The molecule has 0 bridgehead atoms. The van der Waals surface area contributed by atoms with Crippen LogP contribution in [0, 0.1) is 5.92 Å². The molecule has 1 aliphatic rings. The van der Waals surface area contributed by atoms with E-state index in [4.69, 9.17) is 14.2 Å². The monoisotopic (exact) mass is 272 g/mol. The highest BCUT2D eigenvalue weighted by Crippen LogP contribution is 2.31. The van der Waals surface area contributed by atoms with Crippen LogP contribution in [-0.4, -0.2) is 36.4 Å². The van der Waals surface area contributed by atoms with Crippen LogP contribution in [0.3, 0.4) is 0 Å². The summed E-state index contributed by atoms with van der Waals surface area (Å²) in [6, 6.07) is 0. The van der Waals surface area contributed by atoms with Gasteiger partial charge in [0, 0.05) is 6.92 Å². The summed E-state index contributed by atoms with van der Waals surface area (Å²) in [5, 5.41) is 0. The van der Waals surface area contributed by atoms with Crippen molar-refractivity contribution >= 4 is 11.9 Å². The van der Waals surface area contributed by atoms with Crippen molar-refractivity contribution in [2.45, 2.75) is 65.3 Å². The second kappa shape index (κ2) is 6.37. The topological polar surface area (TPSA) is 61.8 Å². The number of carbonyl (C=O) groups excluding carboxylic acids is 2. The summed E-state index contributed by atoms with van der Waals surface area (Å²) in [4.78, 5) is 22.4. The van der Waals surface area contributed by atoms with E-state index in [-0.39, 0.29) is 36.7 Å². The van der Waals surface area contributed by atoms with Crippen LogP contribution < -0.4 is 0 Å². The summed E-state index contributed by atoms with van der Waals surface area (Å²) in [6.45, 7) is 8.95. The Morgan fingerprint density at radius 2 is 1.95 bits per heavy atom. The van der Waals surface area contributed by atoms with Crippen molar-refractivity contribution in [1.29, 1.82) is 0 Å². The highest BCUT2D eigenvalue weighted by Gasteiger charge is 2.40. The zero-order valence-electron chi connectivity index (χ0n) is 12.4. The first-order valence-corrected chi connectivity index (χ1v) is 6.74. The summed E-state index contributed by atoms with van der Waals surface area (Å²) < 4.78 is 16.2. The average Bonchev–Trinajstić information content (AvgIpc) is 2.74. The number of rotatable bonds is 5. The highest BCUT2D eigenvalue weighted by molar-refractivity contribution is 5.72. The molecule has 5 nitrogen and oxygen atoms in total. The van der Waals surface area contributed by atoms with E-state index in [1.54, 1.807) is 13.8 Å². The van der Waals surface area contributed by atoms with Gasteiger partial charge >= 0.3 is 11.9 Å². The molecule has 1 rings (SSSR count). The fraction of sp³-hybridized carbons (Fsp3) is 0.857. The first-order valence-electron chi connectivity index (χ1n) is 6.74. The number of esters is 2. The van der Waals surface area contributed by atoms with Gasteiger partial charge in [0.1, 0.15) is 12.2 Å². The molecule has 0 aromatic rings. The van der Waals surface area contributed by atoms with E-state index in [0.717, 1.165) is 12.8 Å². The Balaban J connectivity index is 2.48. The second-order valence-electron chi connectivity index (χ2n) is 5.81. The standard InChI is InChI=1S/C14H24O5/c1-9(2)13(16)19-14(4,5)12-7-6-11(18-12)8-17-10(3)15/h9,11-12H,6-8H2,1-5H3. The minimum Gasteiger partial charge on any atom is -0.463 e. The lowest BCUT2D eigenvalue weighted by molar-refractivity contribution is -0.176. The van der Waals surface area contributed by atoms with Crippen LogP contribution >= 0.6 is 0 Å². The second-order valence-corrected chi connectivity index (χ2v) is 5.81. The lowest BCUT2D eigenvalue weighted by atomic mass is 9.98. The van der Waals surface area contributed by atoms with Crippen LogP contribution in [0.1, 0.15) is 47.5 Å². The molecule has 1 saturated heterocycles. The maximum absolute atomic E-state index is 11.7. The lowest BCUT2D eigenvalue weighted by Gasteiger charge is -2.32. The van der Waals surface area contributed by atoms with Gasteiger partial charge in [-0.15, -0.1) is 0 Å². The summed E-state index contributed by atoms with van der Waals surface area (Å²) >= 11 is 0. The van der Waals surface area contributed by atoms with Crippen molar-refractivity contribution < 1.29 is 23.8 Å². The van der Waals surface area contributed by atoms with E-state index in [2.05, 4.69) is 0 Å². The van der Waals surface area contributed by atoms with Crippen molar-refractivity contribution in [3.8, 4) is 0 Å². The van der Waals surface area contributed by atoms with Crippen LogP contribution in [0.25, 0.3) is 0 Å². The zero-order valence-corrected chi connectivity index (χ0v) is 12.4. The Hall–Kier alpha value is -1.10. The molecule has 0 N–H and O–H groups in total. The van der Waals surface area contributed by atoms with Gasteiger partial charge in [0.25, 0.3) is 0 Å². The van der Waals surface area contributed by atoms with Gasteiger partial charge in [-0.1, -0.05) is 13.8 Å². The Kier molecular flexibility index (Phi) is 5.35. The van der Waals surface area contributed by atoms with Crippen molar-refractivity contribution in [2.24, 2.45) is 5.92 Å². The van der Waals surface area contributed by atoms with Gasteiger partial charge in [0.05, 0.1) is 18.1 Å². The van der Waals surface area contributed by atoms with E-state index in [0.29, 0.717) is 0 Å². The third-order valence-corrected chi connectivity index (χ3v) is 3.19. The average molecular weight is 272 g/mol. The van der Waals surface area contributed by atoms with Gasteiger partial charge in [-0.25, -0.2) is 0 Å². The largest absolute Gasteiger partial charge is 0.463 e. The van der Waals surface area contributed by atoms with Gasteiger partial charge in [-0.2, -0.15) is 0 Å². The molecule has 0 radical (unpaired) electrons. The van der Waals surface area contributed by atoms with Crippen molar-refractivity contribution in [3.63, 3.8) is 0 Å². The first kappa shape index (κ1) is 16.0. The molecular formula is C14H24O5.